The van der Waals surface area contributed by atoms with Crippen molar-refractivity contribution in [2.75, 3.05) is 37.7 Å². The summed E-state index contributed by atoms with van der Waals surface area (Å²) in [6, 6.07) is 10.6. The topological polar surface area (TPSA) is 58.6 Å². The van der Waals surface area contributed by atoms with Gasteiger partial charge in [0, 0.05) is 48.8 Å². The number of rotatable bonds is 6. The normalized spacial score (nSPS) is 19.4. The number of carbonyl (C=O) groups is 1. The highest BCUT2D eigenvalue weighted by molar-refractivity contribution is 7.98. The van der Waals surface area contributed by atoms with Crippen molar-refractivity contribution in [1.29, 1.82) is 0 Å². The number of aromatic nitrogens is 2. The van der Waals surface area contributed by atoms with Crippen LogP contribution in [0.2, 0.25) is 0 Å². The number of morpholine rings is 1. The molecule has 2 aliphatic rings. The first-order valence-corrected chi connectivity index (χ1v) is 12.7. The molecule has 0 saturated carbocycles. The Balaban J connectivity index is 1.49. The van der Waals surface area contributed by atoms with E-state index < -0.39 is 0 Å². The number of ether oxygens (including phenoxy) is 1. The Labute approximate surface area is 195 Å². The van der Waals surface area contributed by atoms with Gasteiger partial charge in [-0.15, -0.1) is 0 Å². The number of anilines is 1. The maximum absolute atomic E-state index is 12.8. The van der Waals surface area contributed by atoms with Gasteiger partial charge in [0.1, 0.15) is 5.82 Å². The molecule has 1 aromatic carbocycles. The predicted octanol–water partition coefficient (Wildman–Crippen LogP) is 4.74. The van der Waals surface area contributed by atoms with Crippen LogP contribution in [0.15, 0.2) is 35.5 Å². The third-order valence-electron chi connectivity index (χ3n) is 6.24. The molecule has 4 rings (SSSR count). The lowest BCUT2D eigenvalue weighted by Crippen LogP contribution is -2.40. The van der Waals surface area contributed by atoms with Crippen molar-refractivity contribution in [1.82, 2.24) is 14.9 Å². The maximum Gasteiger partial charge on any atom is 0.254 e. The van der Waals surface area contributed by atoms with E-state index in [1.165, 1.54) is 19.3 Å². The fraction of sp³-hybridized carbons (Fsp3) is 0.560. The summed E-state index contributed by atoms with van der Waals surface area (Å²) in [6.07, 6.45) is 3.73. The molecule has 2 aromatic rings. The highest BCUT2D eigenvalue weighted by atomic mass is 32.2. The van der Waals surface area contributed by atoms with Gasteiger partial charge in [-0.25, -0.2) is 9.97 Å². The van der Waals surface area contributed by atoms with Crippen molar-refractivity contribution in [3.05, 3.63) is 47.2 Å². The molecular formula is C25H34N4O2S. The molecule has 0 N–H and O–H groups in total. The summed E-state index contributed by atoms with van der Waals surface area (Å²) in [4.78, 5) is 26.9. The van der Waals surface area contributed by atoms with Crippen molar-refractivity contribution in [2.24, 2.45) is 0 Å². The molecule has 0 spiro atoms. The highest BCUT2D eigenvalue weighted by Gasteiger charge is 2.22. The number of piperidine rings is 1. The van der Waals surface area contributed by atoms with Crippen LogP contribution < -0.4 is 4.90 Å². The van der Waals surface area contributed by atoms with Gasteiger partial charge in [0.25, 0.3) is 5.91 Å². The van der Waals surface area contributed by atoms with Crippen molar-refractivity contribution in [3.8, 4) is 0 Å². The summed E-state index contributed by atoms with van der Waals surface area (Å²) in [5.41, 5.74) is 2.94. The summed E-state index contributed by atoms with van der Waals surface area (Å²) in [7, 11) is 0. The van der Waals surface area contributed by atoms with Crippen LogP contribution in [0.25, 0.3) is 0 Å². The molecule has 172 valence electrons. The summed E-state index contributed by atoms with van der Waals surface area (Å²) in [5, 5.41) is 0.814. The van der Waals surface area contributed by atoms with Gasteiger partial charge in [0.05, 0.1) is 13.2 Å². The first kappa shape index (κ1) is 23.1. The van der Waals surface area contributed by atoms with Crippen molar-refractivity contribution in [2.45, 2.75) is 62.9 Å². The quantitative estimate of drug-likeness (QED) is 0.464. The van der Waals surface area contributed by atoms with E-state index in [9.17, 15) is 4.79 Å². The summed E-state index contributed by atoms with van der Waals surface area (Å²) in [5.74, 6) is 2.22. The minimum atomic E-state index is 0.0829. The number of carbonyl (C=O) groups excluding carboxylic acids is 1. The number of hydrogen-bond acceptors (Lipinski definition) is 6. The van der Waals surface area contributed by atoms with E-state index in [0.29, 0.717) is 38.3 Å². The average molecular weight is 455 g/mol. The minimum Gasteiger partial charge on any atom is -0.378 e. The standard InChI is InChI=1S/C25H34N4O2S/c1-18(2)22-16-23(29-10-5-4-7-19(29)3)27-25(26-22)32-17-20-8-6-9-21(15-20)24(30)28-11-13-31-14-12-28/h6,8-9,15-16,18-19H,4-5,7,10-14,17H2,1-3H3/t19-/m1/s1. The zero-order valence-electron chi connectivity index (χ0n) is 19.4. The lowest BCUT2D eigenvalue weighted by atomic mass is 10.0. The van der Waals surface area contributed by atoms with Gasteiger partial charge in [-0.3, -0.25) is 4.79 Å². The Morgan fingerprint density at radius 1 is 1.16 bits per heavy atom. The smallest absolute Gasteiger partial charge is 0.254 e. The number of thioether (sulfide) groups is 1. The van der Waals surface area contributed by atoms with Crippen LogP contribution in [0, 0.1) is 0 Å². The Bertz CT molecular complexity index is 930. The minimum absolute atomic E-state index is 0.0829. The predicted molar refractivity (Wildman–Crippen MR) is 130 cm³/mol. The van der Waals surface area contributed by atoms with E-state index >= 15 is 0 Å². The first-order valence-electron chi connectivity index (χ1n) is 11.8. The molecule has 0 aliphatic carbocycles. The third-order valence-corrected chi connectivity index (χ3v) is 7.16. The van der Waals surface area contributed by atoms with Gasteiger partial charge in [-0.2, -0.15) is 0 Å². The van der Waals surface area contributed by atoms with Gasteiger partial charge >= 0.3 is 0 Å². The lowest BCUT2D eigenvalue weighted by Gasteiger charge is -2.34. The number of amides is 1. The Hall–Kier alpha value is -2.12. The van der Waals surface area contributed by atoms with Crippen LogP contribution in [0.4, 0.5) is 5.82 Å². The van der Waals surface area contributed by atoms with Crippen molar-refractivity contribution >= 4 is 23.5 Å². The van der Waals surface area contributed by atoms with E-state index in [-0.39, 0.29) is 5.91 Å². The molecule has 0 bridgehead atoms. The second kappa shape index (κ2) is 10.7. The van der Waals surface area contributed by atoms with Crippen LogP contribution in [-0.4, -0.2) is 59.7 Å². The fourth-order valence-corrected chi connectivity index (χ4v) is 5.07. The Morgan fingerprint density at radius 2 is 1.97 bits per heavy atom. The van der Waals surface area contributed by atoms with Crippen LogP contribution in [0.3, 0.4) is 0 Å². The van der Waals surface area contributed by atoms with Crippen LogP contribution in [0.5, 0.6) is 0 Å². The molecule has 0 unspecified atom stereocenters. The first-order chi connectivity index (χ1) is 15.5. The van der Waals surface area contributed by atoms with E-state index in [0.717, 1.165) is 40.1 Å². The van der Waals surface area contributed by atoms with Crippen molar-refractivity contribution in [3.63, 3.8) is 0 Å². The molecule has 6 nitrogen and oxygen atoms in total. The van der Waals surface area contributed by atoms with Gasteiger partial charge in [-0.1, -0.05) is 37.7 Å². The second-order valence-corrected chi connectivity index (χ2v) is 9.96. The summed E-state index contributed by atoms with van der Waals surface area (Å²) < 4.78 is 5.37. The maximum atomic E-state index is 12.8. The van der Waals surface area contributed by atoms with Gasteiger partial charge < -0.3 is 14.5 Å². The van der Waals surface area contributed by atoms with E-state index in [1.807, 2.05) is 23.1 Å². The van der Waals surface area contributed by atoms with Gasteiger partial charge in [0.15, 0.2) is 5.16 Å². The number of hydrogen-bond donors (Lipinski definition) is 0. The fourth-order valence-electron chi connectivity index (χ4n) is 4.27. The van der Waals surface area contributed by atoms with Crippen LogP contribution in [0.1, 0.15) is 67.6 Å². The van der Waals surface area contributed by atoms with E-state index in [4.69, 9.17) is 14.7 Å². The highest BCUT2D eigenvalue weighted by Crippen LogP contribution is 2.29. The second-order valence-electron chi connectivity index (χ2n) is 9.02. The molecule has 32 heavy (non-hydrogen) atoms. The Kier molecular flexibility index (Phi) is 7.68. The SMILES string of the molecule is CC(C)c1cc(N2CCCC[C@H]2C)nc(SCc2cccc(C(=O)N3CCOCC3)c2)n1. The number of nitrogens with zero attached hydrogens (tertiary/aromatic N) is 4. The molecule has 0 radical (unpaired) electrons. The molecule has 1 amide bonds. The zero-order valence-corrected chi connectivity index (χ0v) is 20.2. The lowest BCUT2D eigenvalue weighted by molar-refractivity contribution is 0.0303. The Morgan fingerprint density at radius 3 is 2.72 bits per heavy atom. The van der Waals surface area contributed by atoms with Crippen LogP contribution >= 0.6 is 11.8 Å². The summed E-state index contributed by atoms with van der Waals surface area (Å²) in [6.45, 7) is 10.3. The van der Waals surface area contributed by atoms with Crippen molar-refractivity contribution < 1.29 is 9.53 Å². The average Bonchev–Trinajstić information content (AvgIpc) is 2.83. The zero-order chi connectivity index (χ0) is 22.5. The van der Waals surface area contributed by atoms with Gasteiger partial charge in [0.2, 0.25) is 0 Å². The molecule has 3 heterocycles. The largest absolute Gasteiger partial charge is 0.378 e. The molecular weight excluding hydrogens is 420 g/mol. The monoisotopic (exact) mass is 454 g/mol. The van der Waals surface area contributed by atoms with E-state index in [2.05, 4.69) is 37.8 Å². The van der Waals surface area contributed by atoms with E-state index in [1.54, 1.807) is 11.8 Å². The molecule has 1 atom stereocenters. The molecule has 1 aromatic heterocycles. The molecule has 2 aliphatic heterocycles. The van der Waals surface area contributed by atoms with Crippen LogP contribution in [-0.2, 0) is 10.5 Å². The number of benzene rings is 1. The summed E-state index contributed by atoms with van der Waals surface area (Å²) >= 11 is 1.65. The molecule has 2 fully saturated rings. The molecule has 7 heteroatoms. The molecule has 2 saturated heterocycles. The van der Waals surface area contributed by atoms with Gasteiger partial charge in [-0.05, 0) is 49.8 Å². The third kappa shape index (κ3) is 5.62.